The fourth-order valence-electron chi connectivity index (χ4n) is 1.70. The van der Waals surface area contributed by atoms with E-state index in [1.54, 1.807) is 6.20 Å². The average Bonchev–Trinajstić information content (AvgIpc) is 2.65. The molecule has 1 rings (SSSR count). The number of aryl methyl sites for hydroxylation is 1. The summed E-state index contributed by atoms with van der Waals surface area (Å²) < 4.78 is 1.98. The van der Waals surface area contributed by atoms with Crippen molar-refractivity contribution in [3.63, 3.8) is 0 Å². The summed E-state index contributed by atoms with van der Waals surface area (Å²) in [5, 5.41) is 10.5. The van der Waals surface area contributed by atoms with Crippen LogP contribution in [0.5, 0.6) is 0 Å². The summed E-state index contributed by atoms with van der Waals surface area (Å²) in [5.74, 6) is 0.738. The molecule has 4 nitrogen and oxygen atoms in total. The van der Waals surface area contributed by atoms with Crippen molar-refractivity contribution < 1.29 is 5.11 Å². The second-order valence-electron chi connectivity index (χ2n) is 4.23. The average molecular weight is 211 g/mol. The van der Waals surface area contributed by atoms with Crippen molar-refractivity contribution >= 4 is 0 Å². The molecule has 0 aliphatic rings. The summed E-state index contributed by atoms with van der Waals surface area (Å²) in [6, 6.07) is 0. The summed E-state index contributed by atoms with van der Waals surface area (Å²) in [7, 11) is 0. The quantitative estimate of drug-likeness (QED) is 0.766. The molecule has 0 aliphatic carbocycles. The van der Waals surface area contributed by atoms with Crippen LogP contribution < -0.4 is 5.73 Å². The fraction of sp³-hybridized carbons (Fsp3) is 0.727. The van der Waals surface area contributed by atoms with Crippen LogP contribution in [0.15, 0.2) is 12.4 Å². The van der Waals surface area contributed by atoms with E-state index in [0.29, 0.717) is 5.82 Å². The third-order valence-electron chi connectivity index (χ3n) is 2.83. The zero-order chi connectivity index (χ0) is 11.5. The molecule has 1 atom stereocenters. The van der Waals surface area contributed by atoms with Crippen LogP contribution in [0.25, 0.3) is 0 Å². The summed E-state index contributed by atoms with van der Waals surface area (Å²) in [4.78, 5) is 4.23. The molecule has 1 unspecified atom stereocenters. The van der Waals surface area contributed by atoms with Crippen LogP contribution in [-0.2, 0) is 12.1 Å². The fourth-order valence-corrected chi connectivity index (χ4v) is 1.70. The Labute approximate surface area is 91.1 Å². The first kappa shape index (κ1) is 12.2. The van der Waals surface area contributed by atoms with Gasteiger partial charge in [-0.2, -0.15) is 0 Å². The van der Waals surface area contributed by atoms with Crippen LogP contribution in [-0.4, -0.2) is 21.2 Å². The summed E-state index contributed by atoms with van der Waals surface area (Å²) in [6.45, 7) is 7.08. The minimum Gasteiger partial charge on any atom is -0.380 e. The van der Waals surface area contributed by atoms with Gasteiger partial charge < -0.3 is 15.4 Å². The first-order valence-electron chi connectivity index (χ1n) is 5.50. The Balaban J connectivity index is 3.06. The van der Waals surface area contributed by atoms with Crippen LogP contribution in [0.4, 0.5) is 0 Å². The first-order valence-corrected chi connectivity index (χ1v) is 5.50. The van der Waals surface area contributed by atoms with Crippen LogP contribution in [0.1, 0.15) is 33.0 Å². The maximum absolute atomic E-state index is 10.5. The molecule has 0 aliphatic heterocycles. The van der Waals surface area contributed by atoms with Gasteiger partial charge in [0.25, 0.3) is 0 Å². The smallest absolute Gasteiger partial charge is 0.142 e. The van der Waals surface area contributed by atoms with Crippen molar-refractivity contribution in [2.75, 3.05) is 6.54 Å². The molecule has 0 bridgehead atoms. The Kier molecular flexibility index (Phi) is 3.88. The molecular weight excluding hydrogens is 190 g/mol. The zero-order valence-electron chi connectivity index (χ0n) is 9.77. The zero-order valence-corrected chi connectivity index (χ0v) is 9.77. The van der Waals surface area contributed by atoms with Gasteiger partial charge in [-0.05, 0) is 12.3 Å². The Morgan fingerprint density at radius 1 is 1.60 bits per heavy atom. The number of imidazole rings is 1. The highest BCUT2D eigenvalue weighted by Gasteiger charge is 2.35. The molecule has 1 aromatic heterocycles. The second-order valence-corrected chi connectivity index (χ2v) is 4.23. The molecule has 0 spiro atoms. The monoisotopic (exact) mass is 211 g/mol. The predicted molar refractivity (Wildman–Crippen MR) is 60.3 cm³/mol. The van der Waals surface area contributed by atoms with Gasteiger partial charge in [0.15, 0.2) is 0 Å². The van der Waals surface area contributed by atoms with E-state index in [9.17, 15) is 5.11 Å². The molecule has 0 saturated carbocycles. The number of nitrogens with zero attached hydrogens (tertiary/aromatic N) is 2. The molecular formula is C11H21N3O. The number of aromatic nitrogens is 2. The summed E-state index contributed by atoms with van der Waals surface area (Å²) >= 11 is 0. The van der Waals surface area contributed by atoms with Gasteiger partial charge in [-0.15, -0.1) is 0 Å². The molecule has 4 heteroatoms. The van der Waals surface area contributed by atoms with Gasteiger partial charge >= 0.3 is 0 Å². The Morgan fingerprint density at radius 2 is 2.27 bits per heavy atom. The van der Waals surface area contributed by atoms with Crippen molar-refractivity contribution in [3.8, 4) is 0 Å². The van der Waals surface area contributed by atoms with Crippen molar-refractivity contribution in [1.82, 2.24) is 9.55 Å². The largest absolute Gasteiger partial charge is 0.380 e. The molecule has 3 N–H and O–H groups in total. The lowest BCUT2D eigenvalue weighted by Gasteiger charge is -2.30. The van der Waals surface area contributed by atoms with Crippen LogP contribution in [0.3, 0.4) is 0 Å². The van der Waals surface area contributed by atoms with Gasteiger partial charge in [0, 0.05) is 25.5 Å². The van der Waals surface area contributed by atoms with E-state index in [1.807, 2.05) is 24.6 Å². The highest BCUT2D eigenvalue weighted by Crippen LogP contribution is 2.27. The number of hydrogen-bond acceptors (Lipinski definition) is 3. The number of nitrogens with two attached hydrogens (primary N) is 1. The molecule has 0 fully saturated rings. The van der Waals surface area contributed by atoms with E-state index in [1.165, 1.54) is 0 Å². The highest BCUT2D eigenvalue weighted by molar-refractivity contribution is 5.07. The van der Waals surface area contributed by atoms with Crippen molar-refractivity contribution in [3.05, 3.63) is 18.2 Å². The number of hydrogen-bond donors (Lipinski definition) is 2. The Hall–Kier alpha value is -0.870. The highest BCUT2D eigenvalue weighted by atomic mass is 16.3. The third kappa shape index (κ3) is 2.21. The lowest BCUT2D eigenvalue weighted by atomic mass is 9.89. The molecule has 0 amide bonds. The third-order valence-corrected chi connectivity index (χ3v) is 2.83. The number of rotatable bonds is 5. The van der Waals surface area contributed by atoms with E-state index in [-0.39, 0.29) is 12.5 Å². The minimum absolute atomic E-state index is 0.0560. The first-order chi connectivity index (χ1) is 7.06. The molecule has 0 radical (unpaired) electrons. The Bertz CT molecular complexity index is 309. The Morgan fingerprint density at radius 3 is 2.73 bits per heavy atom. The maximum Gasteiger partial charge on any atom is 0.142 e. The lowest BCUT2D eigenvalue weighted by Crippen LogP contribution is -2.42. The summed E-state index contributed by atoms with van der Waals surface area (Å²) in [6.07, 6.45) is 4.62. The van der Waals surface area contributed by atoms with Crippen LogP contribution in [0, 0.1) is 5.92 Å². The molecule has 1 aromatic rings. The standard InChI is InChI=1S/C11H21N3O/c1-4-6-14-7-5-13-10(14)11(15,8-12)9(2)3/h5,7,9,15H,4,6,8,12H2,1-3H3. The van der Waals surface area contributed by atoms with Crippen molar-refractivity contribution in [2.24, 2.45) is 11.7 Å². The second kappa shape index (κ2) is 4.77. The van der Waals surface area contributed by atoms with Gasteiger partial charge in [0.05, 0.1) is 0 Å². The predicted octanol–water partition coefficient (Wildman–Crippen LogP) is 1.10. The molecule has 86 valence electrons. The SMILES string of the molecule is CCCn1ccnc1C(O)(CN)C(C)C. The van der Waals surface area contributed by atoms with Gasteiger partial charge in [0.2, 0.25) is 0 Å². The lowest BCUT2D eigenvalue weighted by molar-refractivity contribution is -0.0127. The van der Waals surface area contributed by atoms with E-state index in [4.69, 9.17) is 5.73 Å². The van der Waals surface area contributed by atoms with E-state index < -0.39 is 5.60 Å². The normalized spacial score (nSPS) is 15.6. The van der Waals surface area contributed by atoms with E-state index in [2.05, 4.69) is 11.9 Å². The molecule has 0 aromatic carbocycles. The van der Waals surface area contributed by atoms with E-state index in [0.717, 1.165) is 13.0 Å². The van der Waals surface area contributed by atoms with Gasteiger partial charge in [0.1, 0.15) is 11.4 Å². The van der Waals surface area contributed by atoms with E-state index >= 15 is 0 Å². The van der Waals surface area contributed by atoms with Gasteiger partial charge in [-0.25, -0.2) is 4.98 Å². The molecule has 1 heterocycles. The maximum atomic E-state index is 10.5. The van der Waals surface area contributed by atoms with Gasteiger partial charge in [-0.3, -0.25) is 0 Å². The van der Waals surface area contributed by atoms with Crippen molar-refractivity contribution in [2.45, 2.75) is 39.3 Å². The topological polar surface area (TPSA) is 64.1 Å². The summed E-state index contributed by atoms with van der Waals surface area (Å²) in [5.41, 5.74) is 4.65. The minimum atomic E-state index is -1.02. The molecule has 15 heavy (non-hydrogen) atoms. The van der Waals surface area contributed by atoms with Gasteiger partial charge in [-0.1, -0.05) is 20.8 Å². The van der Waals surface area contributed by atoms with Crippen LogP contribution >= 0.6 is 0 Å². The molecule has 0 saturated heterocycles. The van der Waals surface area contributed by atoms with Crippen LogP contribution in [0.2, 0.25) is 0 Å². The number of aliphatic hydroxyl groups is 1. The van der Waals surface area contributed by atoms with Crippen molar-refractivity contribution in [1.29, 1.82) is 0 Å².